The summed E-state index contributed by atoms with van der Waals surface area (Å²) in [5, 5.41) is 2.97. The van der Waals surface area contributed by atoms with Gasteiger partial charge in [0.15, 0.2) is 18.5 Å². The van der Waals surface area contributed by atoms with E-state index in [0.29, 0.717) is 22.0 Å². The standard InChI is InChI=1S/C19H18ClNO5/c1-12(22)14-7-9-15(10-8-14)25-11-18(23)26-13(2)19(24)21-17-6-4-3-5-16(17)20/h3-10,13H,11H2,1-2H3,(H,21,24)/t13-/m1/s1. The smallest absolute Gasteiger partial charge is 0.344 e. The molecule has 0 fully saturated rings. The summed E-state index contributed by atoms with van der Waals surface area (Å²) in [6, 6.07) is 13.1. The predicted octanol–water partition coefficient (Wildman–Crippen LogP) is 3.49. The average Bonchev–Trinajstić information content (AvgIpc) is 2.62. The van der Waals surface area contributed by atoms with E-state index in [1.165, 1.54) is 13.8 Å². The first-order chi connectivity index (χ1) is 12.4. The van der Waals surface area contributed by atoms with Gasteiger partial charge < -0.3 is 14.8 Å². The van der Waals surface area contributed by atoms with Gasteiger partial charge >= 0.3 is 5.97 Å². The third-order valence-corrected chi connectivity index (χ3v) is 3.76. The minimum atomic E-state index is -1.01. The Morgan fingerprint density at radius 3 is 2.35 bits per heavy atom. The second kappa shape index (κ2) is 9.01. The van der Waals surface area contributed by atoms with Crippen LogP contribution < -0.4 is 10.1 Å². The first-order valence-electron chi connectivity index (χ1n) is 7.85. The normalized spacial score (nSPS) is 11.3. The Labute approximate surface area is 156 Å². The molecule has 2 rings (SSSR count). The Balaban J connectivity index is 1.82. The second-order valence-electron chi connectivity index (χ2n) is 5.47. The highest BCUT2D eigenvalue weighted by atomic mass is 35.5. The van der Waals surface area contributed by atoms with Crippen LogP contribution in [0.5, 0.6) is 5.75 Å². The van der Waals surface area contributed by atoms with Crippen LogP contribution in [0, 0.1) is 0 Å². The molecule has 26 heavy (non-hydrogen) atoms. The van der Waals surface area contributed by atoms with Crippen molar-refractivity contribution in [2.45, 2.75) is 20.0 Å². The molecule has 7 heteroatoms. The maximum absolute atomic E-state index is 12.1. The summed E-state index contributed by atoms with van der Waals surface area (Å²) < 4.78 is 10.3. The van der Waals surface area contributed by atoms with E-state index in [1.807, 2.05) is 0 Å². The summed E-state index contributed by atoms with van der Waals surface area (Å²) in [5.41, 5.74) is 0.980. The molecule has 6 nitrogen and oxygen atoms in total. The van der Waals surface area contributed by atoms with Gasteiger partial charge in [0, 0.05) is 5.56 Å². The highest BCUT2D eigenvalue weighted by molar-refractivity contribution is 6.33. The van der Waals surface area contributed by atoms with Crippen molar-refractivity contribution in [1.29, 1.82) is 0 Å². The molecule has 0 radical (unpaired) electrons. The van der Waals surface area contributed by atoms with E-state index in [1.54, 1.807) is 48.5 Å². The molecule has 0 bridgehead atoms. The van der Waals surface area contributed by atoms with E-state index in [2.05, 4.69) is 5.32 Å². The van der Waals surface area contributed by atoms with Gasteiger partial charge in [-0.15, -0.1) is 0 Å². The molecule has 1 N–H and O–H groups in total. The molecule has 1 atom stereocenters. The molecular formula is C19H18ClNO5. The number of para-hydroxylation sites is 1. The van der Waals surface area contributed by atoms with Gasteiger partial charge in [-0.05, 0) is 50.2 Å². The van der Waals surface area contributed by atoms with Gasteiger partial charge in [0.25, 0.3) is 5.91 Å². The van der Waals surface area contributed by atoms with Crippen LogP contribution in [0.4, 0.5) is 5.69 Å². The highest BCUT2D eigenvalue weighted by Crippen LogP contribution is 2.20. The lowest BCUT2D eigenvalue weighted by Gasteiger charge is -2.14. The SMILES string of the molecule is CC(=O)c1ccc(OCC(=O)O[C@H](C)C(=O)Nc2ccccc2Cl)cc1. The van der Waals surface area contributed by atoms with Gasteiger partial charge in [0.05, 0.1) is 10.7 Å². The van der Waals surface area contributed by atoms with Crippen LogP contribution in [0.2, 0.25) is 5.02 Å². The third kappa shape index (κ3) is 5.60. The van der Waals surface area contributed by atoms with Crippen molar-refractivity contribution >= 4 is 34.9 Å². The van der Waals surface area contributed by atoms with Crippen molar-refractivity contribution in [3.63, 3.8) is 0 Å². The van der Waals surface area contributed by atoms with Gasteiger partial charge in [-0.25, -0.2) is 4.79 Å². The van der Waals surface area contributed by atoms with Crippen molar-refractivity contribution in [3.8, 4) is 5.75 Å². The van der Waals surface area contributed by atoms with E-state index in [0.717, 1.165) is 0 Å². The van der Waals surface area contributed by atoms with Crippen LogP contribution in [0.1, 0.15) is 24.2 Å². The number of rotatable bonds is 7. The number of hydrogen-bond acceptors (Lipinski definition) is 5. The first kappa shape index (κ1) is 19.5. The summed E-state index contributed by atoms with van der Waals surface area (Å²) >= 11 is 5.96. The zero-order chi connectivity index (χ0) is 19.1. The summed E-state index contributed by atoms with van der Waals surface area (Å²) in [7, 11) is 0. The molecule has 0 spiro atoms. The Hall–Kier alpha value is -2.86. The van der Waals surface area contributed by atoms with E-state index >= 15 is 0 Å². The van der Waals surface area contributed by atoms with Crippen molar-refractivity contribution in [2.75, 3.05) is 11.9 Å². The van der Waals surface area contributed by atoms with E-state index in [-0.39, 0.29) is 12.4 Å². The van der Waals surface area contributed by atoms with E-state index in [4.69, 9.17) is 21.1 Å². The maximum atomic E-state index is 12.1. The number of esters is 1. The second-order valence-corrected chi connectivity index (χ2v) is 5.88. The number of Topliss-reactive ketones (excluding diaryl/α,β-unsaturated/α-hetero) is 1. The third-order valence-electron chi connectivity index (χ3n) is 3.43. The van der Waals surface area contributed by atoms with Crippen LogP contribution in [-0.4, -0.2) is 30.4 Å². The monoisotopic (exact) mass is 375 g/mol. The molecule has 1 amide bonds. The fourth-order valence-corrected chi connectivity index (χ4v) is 2.19. The Bertz CT molecular complexity index is 804. The Kier molecular flexibility index (Phi) is 6.74. The molecule has 0 saturated carbocycles. The van der Waals surface area contributed by atoms with Gasteiger partial charge in [0.1, 0.15) is 5.75 Å². The van der Waals surface area contributed by atoms with Crippen molar-refractivity contribution in [1.82, 2.24) is 0 Å². The van der Waals surface area contributed by atoms with E-state index in [9.17, 15) is 14.4 Å². The topological polar surface area (TPSA) is 81.7 Å². The van der Waals surface area contributed by atoms with Gasteiger partial charge in [-0.2, -0.15) is 0 Å². The summed E-state index contributed by atoms with van der Waals surface area (Å²) in [5.74, 6) is -0.839. The molecule has 0 aliphatic carbocycles. The fourth-order valence-electron chi connectivity index (χ4n) is 2.01. The minimum absolute atomic E-state index is 0.0608. The molecule has 0 heterocycles. The van der Waals surface area contributed by atoms with Crippen molar-refractivity contribution < 1.29 is 23.9 Å². The molecule has 136 valence electrons. The van der Waals surface area contributed by atoms with Crippen LogP contribution >= 0.6 is 11.6 Å². The predicted molar refractivity (Wildman–Crippen MR) is 97.6 cm³/mol. The summed E-state index contributed by atoms with van der Waals surface area (Å²) in [6.07, 6.45) is -1.01. The number of ether oxygens (including phenoxy) is 2. The number of anilines is 1. The number of carbonyl (C=O) groups is 3. The van der Waals surface area contributed by atoms with Crippen LogP contribution in [0.3, 0.4) is 0 Å². The Morgan fingerprint density at radius 2 is 1.73 bits per heavy atom. The number of ketones is 1. The highest BCUT2D eigenvalue weighted by Gasteiger charge is 2.19. The van der Waals surface area contributed by atoms with Gasteiger partial charge in [-0.1, -0.05) is 23.7 Å². The first-order valence-corrected chi connectivity index (χ1v) is 8.23. The van der Waals surface area contributed by atoms with Crippen LogP contribution in [0.15, 0.2) is 48.5 Å². The maximum Gasteiger partial charge on any atom is 0.344 e. The number of hydrogen-bond donors (Lipinski definition) is 1. The lowest BCUT2D eigenvalue weighted by atomic mass is 10.1. The lowest BCUT2D eigenvalue weighted by Crippen LogP contribution is -2.31. The summed E-state index contributed by atoms with van der Waals surface area (Å²) in [4.78, 5) is 35.1. The lowest BCUT2D eigenvalue weighted by molar-refractivity contribution is -0.155. The largest absolute Gasteiger partial charge is 0.482 e. The zero-order valence-electron chi connectivity index (χ0n) is 14.3. The van der Waals surface area contributed by atoms with Crippen molar-refractivity contribution in [3.05, 3.63) is 59.1 Å². The molecular weight excluding hydrogens is 358 g/mol. The fraction of sp³-hybridized carbons (Fsp3) is 0.211. The molecule has 0 saturated heterocycles. The zero-order valence-corrected chi connectivity index (χ0v) is 15.1. The number of nitrogens with one attached hydrogen (secondary N) is 1. The van der Waals surface area contributed by atoms with Gasteiger partial charge in [-0.3, -0.25) is 9.59 Å². The Morgan fingerprint density at radius 1 is 1.08 bits per heavy atom. The number of benzene rings is 2. The van der Waals surface area contributed by atoms with Crippen LogP contribution in [0.25, 0.3) is 0 Å². The van der Waals surface area contributed by atoms with Crippen molar-refractivity contribution in [2.24, 2.45) is 0 Å². The van der Waals surface area contributed by atoms with Gasteiger partial charge in [0.2, 0.25) is 0 Å². The molecule has 2 aromatic carbocycles. The molecule has 2 aromatic rings. The van der Waals surface area contributed by atoms with Crippen LogP contribution in [-0.2, 0) is 14.3 Å². The summed E-state index contributed by atoms with van der Waals surface area (Å²) in [6.45, 7) is 2.55. The number of amides is 1. The minimum Gasteiger partial charge on any atom is -0.482 e. The quantitative estimate of drug-likeness (QED) is 0.591. The molecule has 0 aliphatic heterocycles. The van der Waals surface area contributed by atoms with E-state index < -0.39 is 18.0 Å². The molecule has 0 aromatic heterocycles. The molecule has 0 aliphatic rings. The average molecular weight is 376 g/mol. The number of halogens is 1. The molecule has 0 unspecified atom stereocenters. The number of carbonyl (C=O) groups excluding carboxylic acids is 3.